The van der Waals surface area contributed by atoms with Crippen LogP contribution in [0.25, 0.3) is 17.0 Å². The van der Waals surface area contributed by atoms with Gasteiger partial charge < -0.3 is 4.74 Å². The Kier molecular flexibility index (Phi) is 4.83. The van der Waals surface area contributed by atoms with Gasteiger partial charge in [-0.1, -0.05) is 23.2 Å². The van der Waals surface area contributed by atoms with E-state index in [0.29, 0.717) is 28.1 Å². The molecule has 0 atom stereocenters. The van der Waals surface area contributed by atoms with Crippen molar-refractivity contribution in [1.29, 1.82) is 0 Å². The minimum atomic E-state index is 0.546. The van der Waals surface area contributed by atoms with Crippen LogP contribution in [-0.4, -0.2) is 39.3 Å². The van der Waals surface area contributed by atoms with Gasteiger partial charge in [-0.2, -0.15) is 9.61 Å². The van der Waals surface area contributed by atoms with Gasteiger partial charge in [-0.05, 0) is 30.3 Å². The second-order valence-corrected chi connectivity index (χ2v) is 6.45. The highest BCUT2D eigenvalue weighted by atomic mass is 35.5. The topological polar surface area (TPSA) is 52.3 Å². The molecule has 1 aromatic carbocycles. The molecule has 0 aliphatic heterocycles. The van der Waals surface area contributed by atoms with Crippen molar-refractivity contribution in [3.63, 3.8) is 0 Å². The molecule has 2 heterocycles. The lowest BCUT2D eigenvalue weighted by Crippen LogP contribution is -1.98. The SMILES string of the molecule is COCCSc1ccc2nnc(-c3cc(Cl)cc(Cl)c3)n2n1. The molecule has 0 bridgehead atoms. The predicted molar refractivity (Wildman–Crippen MR) is 88.8 cm³/mol. The van der Waals surface area contributed by atoms with Gasteiger partial charge in [0.2, 0.25) is 0 Å². The average Bonchev–Trinajstić information content (AvgIpc) is 2.89. The molecule has 8 heteroatoms. The first-order valence-electron chi connectivity index (χ1n) is 6.48. The number of thioether (sulfide) groups is 1. The van der Waals surface area contributed by atoms with E-state index < -0.39 is 0 Å². The maximum atomic E-state index is 6.05. The largest absolute Gasteiger partial charge is 0.384 e. The van der Waals surface area contributed by atoms with Gasteiger partial charge in [-0.15, -0.1) is 22.0 Å². The van der Waals surface area contributed by atoms with Crippen molar-refractivity contribution in [2.45, 2.75) is 5.03 Å². The molecule has 0 aliphatic carbocycles. The third-order valence-electron chi connectivity index (χ3n) is 2.90. The monoisotopic (exact) mass is 354 g/mol. The lowest BCUT2D eigenvalue weighted by atomic mass is 10.2. The smallest absolute Gasteiger partial charge is 0.185 e. The quantitative estimate of drug-likeness (QED) is 0.514. The number of ether oxygens (including phenoxy) is 1. The fourth-order valence-electron chi connectivity index (χ4n) is 1.94. The summed E-state index contributed by atoms with van der Waals surface area (Å²) in [7, 11) is 1.68. The van der Waals surface area contributed by atoms with E-state index in [1.54, 1.807) is 41.6 Å². The van der Waals surface area contributed by atoms with Crippen LogP contribution in [-0.2, 0) is 4.74 Å². The van der Waals surface area contributed by atoms with E-state index in [4.69, 9.17) is 27.9 Å². The maximum absolute atomic E-state index is 6.05. The highest BCUT2D eigenvalue weighted by Crippen LogP contribution is 2.26. The molecule has 0 fully saturated rings. The fourth-order valence-corrected chi connectivity index (χ4v) is 3.23. The number of fused-ring (bicyclic) bond motifs is 1. The molecule has 0 unspecified atom stereocenters. The lowest BCUT2D eigenvalue weighted by Gasteiger charge is -2.04. The summed E-state index contributed by atoms with van der Waals surface area (Å²) in [6, 6.07) is 9.05. The number of aromatic nitrogens is 4. The first kappa shape index (κ1) is 15.6. The Balaban J connectivity index is 2.00. The minimum Gasteiger partial charge on any atom is -0.384 e. The summed E-state index contributed by atoms with van der Waals surface area (Å²) in [5, 5.41) is 14.8. The Hall–Kier alpha value is -1.34. The Morgan fingerprint density at radius 1 is 1.14 bits per heavy atom. The van der Waals surface area contributed by atoms with Crippen LogP contribution in [0.3, 0.4) is 0 Å². The van der Waals surface area contributed by atoms with Crippen LogP contribution in [0.4, 0.5) is 0 Å². The van der Waals surface area contributed by atoms with E-state index in [9.17, 15) is 0 Å². The number of benzene rings is 1. The molecule has 3 aromatic rings. The lowest BCUT2D eigenvalue weighted by molar-refractivity contribution is 0.218. The fraction of sp³-hybridized carbons (Fsp3) is 0.214. The second kappa shape index (κ2) is 6.83. The number of rotatable bonds is 5. The molecular formula is C14H12Cl2N4OS. The van der Waals surface area contributed by atoms with Crippen LogP contribution >= 0.6 is 35.0 Å². The molecule has 0 saturated carbocycles. The Bertz CT molecular complexity index is 788. The zero-order valence-corrected chi connectivity index (χ0v) is 14.0. The van der Waals surface area contributed by atoms with E-state index in [1.807, 2.05) is 12.1 Å². The first-order chi connectivity index (χ1) is 10.7. The molecule has 0 radical (unpaired) electrons. The van der Waals surface area contributed by atoms with E-state index in [2.05, 4.69) is 15.3 Å². The van der Waals surface area contributed by atoms with Gasteiger partial charge in [0.05, 0.1) is 6.61 Å². The molecule has 114 valence electrons. The Morgan fingerprint density at radius 3 is 2.64 bits per heavy atom. The molecule has 3 rings (SSSR count). The minimum absolute atomic E-state index is 0.546. The number of nitrogens with zero attached hydrogens (tertiary/aromatic N) is 4. The molecule has 2 aromatic heterocycles. The number of halogens is 2. The summed E-state index contributed by atoms with van der Waals surface area (Å²) in [6.07, 6.45) is 0. The van der Waals surface area contributed by atoms with Crippen LogP contribution < -0.4 is 0 Å². The number of methoxy groups -OCH3 is 1. The Labute approximate surface area is 141 Å². The predicted octanol–water partition coefficient (Wildman–Crippen LogP) is 3.84. The second-order valence-electron chi connectivity index (χ2n) is 4.46. The molecule has 0 spiro atoms. The van der Waals surface area contributed by atoms with Crippen molar-refractivity contribution in [2.75, 3.05) is 19.5 Å². The third-order valence-corrected chi connectivity index (χ3v) is 4.22. The highest BCUT2D eigenvalue weighted by Gasteiger charge is 2.11. The van der Waals surface area contributed by atoms with Gasteiger partial charge in [-0.25, -0.2) is 0 Å². The molecule has 0 amide bonds. The van der Waals surface area contributed by atoms with Gasteiger partial charge in [-0.3, -0.25) is 0 Å². The van der Waals surface area contributed by atoms with Gasteiger partial charge in [0.25, 0.3) is 0 Å². The van der Waals surface area contributed by atoms with Crippen molar-refractivity contribution in [3.05, 3.63) is 40.4 Å². The summed E-state index contributed by atoms with van der Waals surface area (Å²) >= 11 is 13.7. The van der Waals surface area contributed by atoms with Crippen LogP contribution in [0.15, 0.2) is 35.4 Å². The first-order valence-corrected chi connectivity index (χ1v) is 8.22. The van der Waals surface area contributed by atoms with Gasteiger partial charge >= 0.3 is 0 Å². The molecular weight excluding hydrogens is 343 g/mol. The normalized spacial score (nSPS) is 11.2. The van der Waals surface area contributed by atoms with Crippen LogP contribution in [0.5, 0.6) is 0 Å². The Morgan fingerprint density at radius 2 is 1.91 bits per heavy atom. The number of hydrogen-bond donors (Lipinski definition) is 0. The zero-order chi connectivity index (χ0) is 15.5. The maximum Gasteiger partial charge on any atom is 0.185 e. The van der Waals surface area contributed by atoms with Crippen molar-refractivity contribution in [1.82, 2.24) is 19.8 Å². The summed E-state index contributed by atoms with van der Waals surface area (Å²) in [6.45, 7) is 0.670. The highest BCUT2D eigenvalue weighted by molar-refractivity contribution is 7.99. The molecule has 0 aliphatic rings. The van der Waals surface area contributed by atoms with Crippen molar-refractivity contribution < 1.29 is 4.74 Å². The van der Waals surface area contributed by atoms with Crippen molar-refractivity contribution in [2.24, 2.45) is 0 Å². The summed E-state index contributed by atoms with van der Waals surface area (Å²) in [5.41, 5.74) is 1.44. The van der Waals surface area contributed by atoms with Gasteiger partial charge in [0.1, 0.15) is 5.03 Å². The van der Waals surface area contributed by atoms with E-state index in [1.165, 1.54) is 0 Å². The number of hydrogen-bond acceptors (Lipinski definition) is 5. The summed E-state index contributed by atoms with van der Waals surface area (Å²) in [5.74, 6) is 1.43. The molecule has 22 heavy (non-hydrogen) atoms. The van der Waals surface area contributed by atoms with Crippen molar-refractivity contribution in [3.8, 4) is 11.4 Å². The third kappa shape index (κ3) is 3.35. The van der Waals surface area contributed by atoms with E-state index >= 15 is 0 Å². The standard InChI is InChI=1S/C14H12Cl2N4OS/c1-21-4-5-22-13-3-2-12-17-18-14(20(12)19-13)9-6-10(15)8-11(16)7-9/h2-3,6-8H,4-5H2,1H3. The van der Waals surface area contributed by atoms with E-state index in [0.717, 1.165) is 16.3 Å². The molecule has 0 N–H and O–H groups in total. The zero-order valence-electron chi connectivity index (χ0n) is 11.7. The van der Waals surface area contributed by atoms with Crippen LogP contribution in [0.1, 0.15) is 0 Å². The van der Waals surface area contributed by atoms with Crippen LogP contribution in [0.2, 0.25) is 10.0 Å². The van der Waals surface area contributed by atoms with Gasteiger partial charge in [0, 0.05) is 28.5 Å². The molecule has 0 saturated heterocycles. The van der Waals surface area contributed by atoms with E-state index in [-0.39, 0.29) is 0 Å². The summed E-state index contributed by atoms with van der Waals surface area (Å²) < 4.78 is 6.74. The summed E-state index contributed by atoms with van der Waals surface area (Å²) in [4.78, 5) is 0. The molecule has 5 nitrogen and oxygen atoms in total. The average molecular weight is 355 g/mol. The van der Waals surface area contributed by atoms with Gasteiger partial charge in [0.15, 0.2) is 11.5 Å². The van der Waals surface area contributed by atoms with Crippen LogP contribution in [0, 0.1) is 0 Å². The van der Waals surface area contributed by atoms with Crippen molar-refractivity contribution >= 4 is 40.6 Å².